The van der Waals surface area contributed by atoms with Gasteiger partial charge in [0.05, 0.1) is 0 Å². The minimum atomic E-state index is 0.161. The zero-order chi connectivity index (χ0) is 15.2. The zero-order valence-electron chi connectivity index (χ0n) is 13.0. The van der Waals surface area contributed by atoms with Crippen LogP contribution < -0.4 is 10.2 Å². The van der Waals surface area contributed by atoms with Gasteiger partial charge in [-0.25, -0.2) is 9.97 Å². The number of nitrogens with zero attached hydrogens (tertiary/aromatic N) is 3. The van der Waals surface area contributed by atoms with Crippen molar-refractivity contribution in [3.63, 3.8) is 0 Å². The summed E-state index contributed by atoms with van der Waals surface area (Å²) in [5.74, 6) is 0.922. The van der Waals surface area contributed by atoms with E-state index >= 15 is 0 Å². The molecule has 2 heterocycles. The van der Waals surface area contributed by atoms with Crippen LogP contribution in [-0.2, 0) is 4.79 Å². The van der Waals surface area contributed by atoms with Gasteiger partial charge >= 0.3 is 0 Å². The fourth-order valence-electron chi connectivity index (χ4n) is 3.28. The molecule has 1 aromatic heterocycles. The Hall–Kier alpha value is -1.91. The van der Waals surface area contributed by atoms with Gasteiger partial charge < -0.3 is 10.2 Å². The van der Waals surface area contributed by atoms with E-state index in [1.54, 1.807) is 12.4 Å². The van der Waals surface area contributed by atoms with Crippen LogP contribution in [0.4, 0.5) is 5.95 Å². The molecule has 118 valence electrons. The van der Waals surface area contributed by atoms with Crippen molar-refractivity contribution in [1.29, 1.82) is 0 Å². The normalized spacial score (nSPS) is 22.1. The molecule has 0 aromatic carbocycles. The SMILES string of the molecule is O=C(CC1=CCCCC1)NC1CCCN(c2ncccn2)C1. The van der Waals surface area contributed by atoms with E-state index in [4.69, 9.17) is 0 Å². The molecule has 1 atom stereocenters. The zero-order valence-corrected chi connectivity index (χ0v) is 13.0. The molecule has 5 heteroatoms. The van der Waals surface area contributed by atoms with Crippen LogP contribution in [0.5, 0.6) is 0 Å². The number of allylic oxidation sites excluding steroid dienone is 1. The largest absolute Gasteiger partial charge is 0.351 e. The molecule has 1 unspecified atom stereocenters. The van der Waals surface area contributed by atoms with Crippen LogP contribution in [0.3, 0.4) is 0 Å². The topological polar surface area (TPSA) is 58.1 Å². The van der Waals surface area contributed by atoms with Crippen LogP contribution >= 0.6 is 0 Å². The number of nitrogens with one attached hydrogen (secondary N) is 1. The van der Waals surface area contributed by atoms with Gasteiger partial charge in [0.2, 0.25) is 11.9 Å². The van der Waals surface area contributed by atoms with Gasteiger partial charge in [-0.2, -0.15) is 0 Å². The Morgan fingerprint density at radius 2 is 2.14 bits per heavy atom. The maximum absolute atomic E-state index is 12.2. The van der Waals surface area contributed by atoms with Crippen molar-refractivity contribution >= 4 is 11.9 Å². The highest BCUT2D eigenvalue weighted by molar-refractivity contribution is 5.78. The first-order valence-electron chi connectivity index (χ1n) is 8.30. The molecule has 1 aliphatic heterocycles. The molecule has 1 saturated heterocycles. The van der Waals surface area contributed by atoms with Crippen molar-refractivity contribution in [2.45, 2.75) is 51.0 Å². The van der Waals surface area contributed by atoms with E-state index in [-0.39, 0.29) is 11.9 Å². The van der Waals surface area contributed by atoms with Gasteiger partial charge in [-0.1, -0.05) is 11.6 Å². The van der Waals surface area contributed by atoms with E-state index in [1.807, 2.05) is 6.07 Å². The van der Waals surface area contributed by atoms with Crippen LogP contribution in [0.2, 0.25) is 0 Å². The second-order valence-corrected chi connectivity index (χ2v) is 6.19. The number of rotatable bonds is 4. The summed E-state index contributed by atoms with van der Waals surface area (Å²) in [7, 11) is 0. The lowest BCUT2D eigenvalue weighted by molar-refractivity contribution is -0.121. The quantitative estimate of drug-likeness (QED) is 0.868. The average Bonchev–Trinajstić information content (AvgIpc) is 2.57. The average molecular weight is 300 g/mol. The number of hydrogen-bond acceptors (Lipinski definition) is 4. The number of aromatic nitrogens is 2. The molecule has 1 aromatic rings. The van der Waals surface area contributed by atoms with Gasteiger partial charge in [-0.3, -0.25) is 4.79 Å². The molecule has 1 N–H and O–H groups in total. The molecule has 3 rings (SSSR count). The fraction of sp³-hybridized carbons (Fsp3) is 0.588. The molecule has 0 bridgehead atoms. The number of carbonyl (C=O) groups is 1. The Morgan fingerprint density at radius 3 is 2.91 bits per heavy atom. The second-order valence-electron chi connectivity index (χ2n) is 6.19. The summed E-state index contributed by atoms with van der Waals surface area (Å²) in [5, 5.41) is 3.19. The van der Waals surface area contributed by atoms with E-state index in [1.165, 1.54) is 18.4 Å². The lowest BCUT2D eigenvalue weighted by Gasteiger charge is -2.33. The van der Waals surface area contributed by atoms with Gasteiger partial charge in [0, 0.05) is 37.9 Å². The predicted octanol–water partition coefficient (Wildman–Crippen LogP) is 2.45. The Bertz CT molecular complexity index is 529. The summed E-state index contributed by atoms with van der Waals surface area (Å²) < 4.78 is 0. The number of piperidine rings is 1. The predicted molar refractivity (Wildman–Crippen MR) is 86.6 cm³/mol. The molecule has 1 amide bonds. The highest BCUT2D eigenvalue weighted by Crippen LogP contribution is 2.20. The first-order chi connectivity index (χ1) is 10.8. The van der Waals surface area contributed by atoms with Crippen molar-refractivity contribution in [1.82, 2.24) is 15.3 Å². The van der Waals surface area contributed by atoms with Gasteiger partial charge in [0.1, 0.15) is 0 Å². The lowest BCUT2D eigenvalue weighted by atomic mass is 9.96. The van der Waals surface area contributed by atoms with Crippen LogP contribution in [-0.4, -0.2) is 35.0 Å². The van der Waals surface area contributed by atoms with Crippen LogP contribution in [0.25, 0.3) is 0 Å². The highest BCUT2D eigenvalue weighted by atomic mass is 16.1. The van der Waals surface area contributed by atoms with Gasteiger partial charge in [0.15, 0.2) is 0 Å². The molecule has 1 aliphatic carbocycles. The van der Waals surface area contributed by atoms with Crippen molar-refractivity contribution < 1.29 is 4.79 Å². The van der Waals surface area contributed by atoms with Crippen LogP contribution in [0.1, 0.15) is 44.9 Å². The Balaban J connectivity index is 1.51. The second kappa shape index (κ2) is 7.38. The third-order valence-corrected chi connectivity index (χ3v) is 4.39. The summed E-state index contributed by atoms with van der Waals surface area (Å²) in [6.45, 7) is 1.76. The van der Waals surface area contributed by atoms with Crippen LogP contribution in [0.15, 0.2) is 30.1 Å². The van der Waals surface area contributed by atoms with Gasteiger partial charge in [-0.05, 0) is 44.6 Å². The Labute approximate surface area is 131 Å². The summed E-state index contributed by atoms with van der Waals surface area (Å²) in [6, 6.07) is 2.03. The molecule has 0 radical (unpaired) electrons. The Morgan fingerprint density at radius 1 is 1.27 bits per heavy atom. The molecule has 0 spiro atoms. The molecule has 2 aliphatic rings. The van der Waals surface area contributed by atoms with Gasteiger partial charge in [0.25, 0.3) is 0 Å². The van der Waals surface area contributed by atoms with E-state index in [0.717, 1.165) is 44.7 Å². The summed E-state index contributed by atoms with van der Waals surface area (Å²) in [6.07, 6.45) is 13.1. The third-order valence-electron chi connectivity index (χ3n) is 4.39. The van der Waals surface area contributed by atoms with Gasteiger partial charge in [-0.15, -0.1) is 0 Å². The lowest BCUT2D eigenvalue weighted by Crippen LogP contribution is -2.48. The third kappa shape index (κ3) is 4.06. The summed E-state index contributed by atoms with van der Waals surface area (Å²) in [5.41, 5.74) is 1.31. The maximum Gasteiger partial charge on any atom is 0.225 e. The van der Waals surface area contributed by atoms with E-state index in [2.05, 4.69) is 26.3 Å². The molecule has 5 nitrogen and oxygen atoms in total. The number of amides is 1. The number of anilines is 1. The smallest absolute Gasteiger partial charge is 0.225 e. The maximum atomic E-state index is 12.2. The molecule has 22 heavy (non-hydrogen) atoms. The van der Waals surface area contributed by atoms with Crippen molar-refractivity contribution in [2.24, 2.45) is 0 Å². The summed E-state index contributed by atoms with van der Waals surface area (Å²) >= 11 is 0. The van der Waals surface area contributed by atoms with Crippen molar-refractivity contribution in [2.75, 3.05) is 18.0 Å². The molecular weight excluding hydrogens is 276 g/mol. The first-order valence-corrected chi connectivity index (χ1v) is 8.30. The van der Waals surface area contributed by atoms with E-state index in [0.29, 0.717) is 6.42 Å². The minimum absolute atomic E-state index is 0.161. The standard InChI is InChI=1S/C17H24N4O/c22-16(12-14-6-2-1-3-7-14)20-15-8-4-11-21(13-15)17-18-9-5-10-19-17/h5-6,9-10,15H,1-4,7-8,11-13H2,(H,20,22). The van der Waals surface area contributed by atoms with Crippen LogP contribution in [0, 0.1) is 0 Å². The first kappa shape index (κ1) is 15.0. The van der Waals surface area contributed by atoms with Crippen molar-refractivity contribution in [3.05, 3.63) is 30.1 Å². The monoisotopic (exact) mass is 300 g/mol. The van der Waals surface area contributed by atoms with E-state index in [9.17, 15) is 4.79 Å². The summed E-state index contributed by atoms with van der Waals surface area (Å²) in [4.78, 5) is 23.0. The van der Waals surface area contributed by atoms with E-state index < -0.39 is 0 Å². The molecule has 0 saturated carbocycles. The fourth-order valence-corrected chi connectivity index (χ4v) is 3.28. The Kier molecular flexibility index (Phi) is 5.03. The van der Waals surface area contributed by atoms with Crippen molar-refractivity contribution in [3.8, 4) is 0 Å². The highest BCUT2D eigenvalue weighted by Gasteiger charge is 2.23. The number of carbonyl (C=O) groups excluding carboxylic acids is 1. The minimum Gasteiger partial charge on any atom is -0.351 e. The number of hydrogen-bond donors (Lipinski definition) is 1. The molecule has 1 fully saturated rings. The molecular formula is C17H24N4O.